The molecule has 1 spiro atoms. The van der Waals surface area contributed by atoms with Crippen LogP contribution in [-0.4, -0.2) is 52.3 Å². The first-order valence-corrected chi connectivity index (χ1v) is 9.75. The van der Waals surface area contributed by atoms with Crippen LogP contribution in [0.3, 0.4) is 0 Å². The summed E-state index contributed by atoms with van der Waals surface area (Å²) >= 11 is 0. The molecule has 2 aliphatic heterocycles. The predicted octanol–water partition coefficient (Wildman–Crippen LogP) is 1.17. The van der Waals surface area contributed by atoms with Gasteiger partial charge in [0.15, 0.2) is 0 Å². The largest absolute Gasteiger partial charge is 0.472 e. The summed E-state index contributed by atoms with van der Waals surface area (Å²) < 4.78 is 16.9. The number of fused-ring (bicyclic) bond motifs is 1. The summed E-state index contributed by atoms with van der Waals surface area (Å²) in [6, 6.07) is 1.78. The van der Waals surface area contributed by atoms with Gasteiger partial charge in [-0.1, -0.05) is 6.92 Å². The number of furan rings is 1. The van der Waals surface area contributed by atoms with E-state index < -0.39 is 34.6 Å². The highest BCUT2D eigenvalue weighted by Gasteiger charge is 2.77. The average Bonchev–Trinajstić information content (AvgIpc) is 3.34. The Bertz CT molecular complexity index is 748. The highest BCUT2D eigenvalue weighted by Crippen LogP contribution is 2.69. The Balaban J connectivity index is 1.65. The van der Waals surface area contributed by atoms with Gasteiger partial charge in [0.1, 0.15) is 6.10 Å². The molecule has 5 rings (SSSR count). The van der Waals surface area contributed by atoms with Gasteiger partial charge < -0.3 is 29.2 Å². The maximum absolute atomic E-state index is 13.3. The number of ether oxygens (including phenoxy) is 2. The Hall–Kier alpha value is -1.41. The number of esters is 1. The number of cyclic esters (lactones) is 1. The van der Waals surface area contributed by atoms with Gasteiger partial charge in [-0.3, -0.25) is 4.79 Å². The first-order chi connectivity index (χ1) is 12.9. The molecule has 148 valence electrons. The van der Waals surface area contributed by atoms with Crippen LogP contribution >= 0.6 is 0 Å². The van der Waals surface area contributed by atoms with Gasteiger partial charge in [-0.25, -0.2) is 0 Å². The fraction of sp³-hybridized carbons (Fsp3) is 0.750. The quantitative estimate of drug-likeness (QED) is 0.663. The van der Waals surface area contributed by atoms with Crippen LogP contribution in [0.5, 0.6) is 0 Å². The molecule has 7 nitrogen and oxygen atoms in total. The molecular weight excluding hydrogens is 352 g/mol. The number of carbonyl (C=O) groups excluding carboxylic acids is 1. The molecule has 7 heteroatoms. The molecule has 0 radical (unpaired) electrons. The fourth-order valence-corrected chi connectivity index (χ4v) is 6.75. The van der Waals surface area contributed by atoms with E-state index in [0.29, 0.717) is 25.7 Å². The first-order valence-electron chi connectivity index (χ1n) is 9.75. The number of hydrogen-bond acceptors (Lipinski definition) is 7. The molecule has 27 heavy (non-hydrogen) atoms. The topological polar surface area (TPSA) is 109 Å². The zero-order chi connectivity index (χ0) is 19.0. The van der Waals surface area contributed by atoms with Crippen LogP contribution in [-0.2, 0) is 14.3 Å². The molecule has 1 aromatic rings. The zero-order valence-corrected chi connectivity index (χ0v) is 15.3. The zero-order valence-electron chi connectivity index (χ0n) is 15.3. The second kappa shape index (κ2) is 5.56. The van der Waals surface area contributed by atoms with E-state index in [1.807, 2.05) is 6.92 Å². The van der Waals surface area contributed by atoms with E-state index >= 15 is 0 Å². The number of hydrogen-bond donors (Lipinski definition) is 3. The van der Waals surface area contributed by atoms with E-state index in [-0.39, 0.29) is 31.2 Å². The van der Waals surface area contributed by atoms with Gasteiger partial charge in [0.2, 0.25) is 0 Å². The van der Waals surface area contributed by atoms with Crippen molar-refractivity contribution in [1.82, 2.24) is 0 Å². The molecule has 2 aliphatic carbocycles. The summed E-state index contributed by atoms with van der Waals surface area (Å²) in [5, 5.41) is 32.9. The SMILES string of the molecule is C[C@@H]1C[C@@H]2OC[C@]3(O)CC[C@H](O)[C@H]([C@]14C[C@H](c1ccoc1)OC4=O)[C@]23CO. The van der Waals surface area contributed by atoms with Gasteiger partial charge in [-0.05, 0) is 31.2 Å². The third kappa shape index (κ3) is 1.93. The van der Waals surface area contributed by atoms with Crippen LogP contribution in [0.4, 0.5) is 0 Å². The lowest BCUT2D eigenvalue weighted by atomic mass is 9.42. The smallest absolute Gasteiger partial charge is 0.313 e. The van der Waals surface area contributed by atoms with Crippen LogP contribution < -0.4 is 0 Å². The molecule has 4 fully saturated rings. The average molecular weight is 378 g/mol. The van der Waals surface area contributed by atoms with Crippen molar-refractivity contribution < 1.29 is 34.0 Å². The molecule has 2 saturated carbocycles. The van der Waals surface area contributed by atoms with E-state index in [4.69, 9.17) is 13.9 Å². The molecule has 0 bridgehead atoms. The summed E-state index contributed by atoms with van der Waals surface area (Å²) in [7, 11) is 0. The summed E-state index contributed by atoms with van der Waals surface area (Å²) in [5.74, 6) is -1.08. The first kappa shape index (κ1) is 17.7. The van der Waals surface area contributed by atoms with E-state index in [1.54, 1.807) is 18.6 Å². The molecule has 4 aliphatic rings. The van der Waals surface area contributed by atoms with Crippen LogP contribution in [0.25, 0.3) is 0 Å². The summed E-state index contributed by atoms with van der Waals surface area (Å²) in [5.41, 5.74) is -2.47. The molecule has 2 saturated heterocycles. The van der Waals surface area contributed by atoms with Crippen LogP contribution in [0.15, 0.2) is 23.0 Å². The second-order valence-electron chi connectivity index (χ2n) is 8.95. The molecule has 0 amide bonds. The van der Waals surface area contributed by atoms with Crippen molar-refractivity contribution in [3.8, 4) is 0 Å². The lowest BCUT2D eigenvalue weighted by Gasteiger charge is -2.62. The van der Waals surface area contributed by atoms with Crippen molar-refractivity contribution >= 4 is 5.97 Å². The Kier molecular flexibility index (Phi) is 3.64. The van der Waals surface area contributed by atoms with Crippen molar-refractivity contribution in [1.29, 1.82) is 0 Å². The Morgan fingerprint density at radius 2 is 2.19 bits per heavy atom. The molecule has 0 unspecified atom stereocenters. The number of rotatable bonds is 2. The number of aliphatic hydroxyl groups is 3. The van der Waals surface area contributed by atoms with Gasteiger partial charge in [0.25, 0.3) is 0 Å². The second-order valence-corrected chi connectivity index (χ2v) is 8.95. The predicted molar refractivity (Wildman–Crippen MR) is 91.3 cm³/mol. The minimum atomic E-state index is -1.24. The standard InChI is InChI=1S/C20H26O7/c1-11-6-15-20(9-21)16(13(22)2-4-18(20,24)10-26-15)19(11)7-14(27-17(19)23)12-3-5-25-8-12/h3,5,8,11,13-16,21-22,24H,2,4,6-7,9-10H2,1H3/t11-,13+,14-,15+,16-,18-,19+,20+/m1/s1. The molecule has 3 heterocycles. The van der Waals surface area contributed by atoms with Crippen LogP contribution in [0.1, 0.15) is 44.3 Å². The minimum Gasteiger partial charge on any atom is -0.472 e. The lowest BCUT2D eigenvalue weighted by Crippen LogP contribution is -2.71. The van der Waals surface area contributed by atoms with E-state index in [1.165, 1.54) is 0 Å². The van der Waals surface area contributed by atoms with E-state index in [2.05, 4.69) is 0 Å². The van der Waals surface area contributed by atoms with Crippen molar-refractivity contribution in [2.75, 3.05) is 13.2 Å². The third-order valence-electron chi connectivity index (χ3n) is 8.09. The Labute approximate surface area is 157 Å². The molecular formula is C20H26O7. The Morgan fingerprint density at radius 3 is 2.89 bits per heavy atom. The number of carbonyl (C=O) groups is 1. The van der Waals surface area contributed by atoms with Gasteiger partial charge in [0.05, 0.1) is 54.4 Å². The van der Waals surface area contributed by atoms with E-state index in [9.17, 15) is 20.1 Å². The normalized spacial score (nSPS) is 51.4. The highest BCUT2D eigenvalue weighted by atomic mass is 16.6. The fourth-order valence-electron chi connectivity index (χ4n) is 6.75. The molecule has 0 aromatic carbocycles. The molecule has 1 aromatic heterocycles. The maximum atomic E-state index is 13.3. The van der Waals surface area contributed by atoms with Crippen molar-refractivity contribution in [3.05, 3.63) is 24.2 Å². The highest BCUT2D eigenvalue weighted by molar-refractivity contribution is 5.81. The maximum Gasteiger partial charge on any atom is 0.313 e. The summed E-state index contributed by atoms with van der Waals surface area (Å²) in [6.07, 6.45) is 3.15. The summed E-state index contributed by atoms with van der Waals surface area (Å²) in [4.78, 5) is 13.3. The molecule has 8 atom stereocenters. The van der Waals surface area contributed by atoms with Gasteiger partial charge in [0, 0.05) is 17.9 Å². The van der Waals surface area contributed by atoms with E-state index in [0.717, 1.165) is 5.56 Å². The third-order valence-corrected chi connectivity index (χ3v) is 8.09. The van der Waals surface area contributed by atoms with Crippen molar-refractivity contribution in [3.63, 3.8) is 0 Å². The van der Waals surface area contributed by atoms with Crippen molar-refractivity contribution in [2.45, 2.75) is 56.5 Å². The van der Waals surface area contributed by atoms with Crippen LogP contribution in [0, 0.1) is 22.7 Å². The van der Waals surface area contributed by atoms with Crippen molar-refractivity contribution in [2.24, 2.45) is 22.7 Å². The van der Waals surface area contributed by atoms with Gasteiger partial charge in [-0.2, -0.15) is 0 Å². The number of aliphatic hydroxyl groups excluding tert-OH is 2. The Morgan fingerprint density at radius 1 is 1.37 bits per heavy atom. The van der Waals surface area contributed by atoms with Crippen LogP contribution in [0.2, 0.25) is 0 Å². The van der Waals surface area contributed by atoms with Gasteiger partial charge >= 0.3 is 5.97 Å². The lowest BCUT2D eigenvalue weighted by molar-refractivity contribution is -0.243. The molecule has 3 N–H and O–H groups in total. The minimum absolute atomic E-state index is 0.105. The van der Waals surface area contributed by atoms with Gasteiger partial charge in [-0.15, -0.1) is 0 Å². The monoisotopic (exact) mass is 378 g/mol. The summed E-state index contributed by atoms with van der Waals surface area (Å²) in [6.45, 7) is 1.79.